The highest BCUT2D eigenvalue weighted by atomic mass is 35.5. The topological polar surface area (TPSA) is 62.2 Å². The van der Waals surface area contributed by atoms with Gasteiger partial charge in [0.1, 0.15) is 11.3 Å². The maximum Gasteiger partial charge on any atom is 0.220 e. The van der Waals surface area contributed by atoms with E-state index in [-0.39, 0.29) is 11.7 Å². The molecule has 26 heavy (non-hydrogen) atoms. The van der Waals surface area contributed by atoms with E-state index >= 15 is 0 Å². The first kappa shape index (κ1) is 18.2. The number of amides is 1. The van der Waals surface area contributed by atoms with Crippen molar-refractivity contribution in [3.63, 3.8) is 0 Å². The van der Waals surface area contributed by atoms with E-state index in [1.165, 1.54) is 0 Å². The molecule has 0 aliphatic carbocycles. The van der Waals surface area contributed by atoms with E-state index in [2.05, 4.69) is 10.3 Å². The standard InChI is InChI=1S/C21H21ClN2O2/c1-2-3-11-18(25)24-19(14-8-5-4-6-9-14)16-13-17(22)15-10-7-12-23-20(15)21(16)26/h4-10,12-13,19,26H,2-3,11H2,1H3,(H,24,25)/t19-/m1/s1. The fourth-order valence-corrected chi connectivity index (χ4v) is 3.25. The molecule has 2 aromatic carbocycles. The molecule has 0 radical (unpaired) electrons. The van der Waals surface area contributed by atoms with Crippen molar-refractivity contribution < 1.29 is 9.90 Å². The summed E-state index contributed by atoms with van der Waals surface area (Å²) in [5.41, 5.74) is 1.84. The number of fused-ring (bicyclic) bond motifs is 1. The molecule has 5 heteroatoms. The lowest BCUT2D eigenvalue weighted by molar-refractivity contribution is -0.121. The van der Waals surface area contributed by atoms with Crippen LogP contribution in [0.4, 0.5) is 0 Å². The van der Waals surface area contributed by atoms with Gasteiger partial charge < -0.3 is 10.4 Å². The minimum Gasteiger partial charge on any atom is -0.505 e. The van der Waals surface area contributed by atoms with Crippen molar-refractivity contribution in [3.05, 3.63) is 70.9 Å². The van der Waals surface area contributed by atoms with Crippen LogP contribution in [0.15, 0.2) is 54.7 Å². The van der Waals surface area contributed by atoms with Gasteiger partial charge in [0.25, 0.3) is 0 Å². The Morgan fingerprint density at radius 2 is 2.00 bits per heavy atom. The number of hydrogen-bond donors (Lipinski definition) is 2. The minimum absolute atomic E-state index is 0.0367. The van der Waals surface area contributed by atoms with E-state index in [4.69, 9.17) is 11.6 Å². The molecule has 134 valence electrons. The van der Waals surface area contributed by atoms with Gasteiger partial charge in [-0.3, -0.25) is 9.78 Å². The summed E-state index contributed by atoms with van der Waals surface area (Å²) in [5, 5.41) is 15.0. The summed E-state index contributed by atoms with van der Waals surface area (Å²) in [5.74, 6) is -0.0213. The Balaban J connectivity index is 2.08. The Hall–Kier alpha value is -2.59. The highest BCUT2D eigenvalue weighted by Crippen LogP contribution is 2.38. The Bertz CT molecular complexity index is 913. The van der Waals surface area contributed by atoms with Gasteiger partial charge in [-0.1, -0.05) is 55.3 Å². The van der Waals surface area contributed by atoms with Crippen LogP contribution in [-0.4, -0.2) is 16.0 Å². The molecule has 0 fully saturated rings. The highest BCUT2D eigenvalue weighted by Gasteiger charge is 2.23. The number of rotatable bonds is 6. The summed E-state index contributed by atoms with van der Waals surface area (Å²) in [6.45, 7) is 2.04. The molecule has 0 unspecified atom stereocenters. The average molecular weight is 369 g/mol. The molecule has 1 atom stereocenters. The largest absolute Gasteiger partial charge is 0.505 e. The van der Waals surface area contributed by atoms with Crippen molar-refractivity contribution in [1.29, 1.82) is 0 Å². The van der Waals surface area contributed by atoms with Crippen molar-refractivity contribution in [2.45, 2.75) is 32.2 Å². The van der Waals surface area contributed by atoms with Crippen molar-refractivity contribution >= 4 is 28.4 Å². The summed E-state index contributed by atoms with van der Waals surface area (Å²) in [6.07, 6.45) is 3.82. The molecule has 1 heterocycles. The van der Waals surface area contributed by atoms with Crippen molar-refractivity contribution in [3.8, 4) is 5.75 Å². The quantitative estimate of drug-likeness (QED) is 0.644. The number of nitrogens with one attached hydrogen (secondary N) is 1. The molecule has 0 spiro atoms. The zero-order chi connectivity index (χ0) is 18.5. The minimum atomic E-state index is -0.496. The normalized spacial score (nSPS) is 12.1. The van der Waals surface area contributed by atoms with Crippen molar-refractivity contribution in [1.82, 2.24) is 10.3 Å². The predicted octanol–water partition coefficient (Wildman–Crippen LogP) is 4.99. The predicted molar refractivity (Wildman–Crippen MR) is 104 cm³/mol. The highest BCUT2D eigenvalue weighted by molar-refractivity contribution is 6.35. The van der Waals surface area contributed by atoms with E-state index in [0.29, 0.717) is 27.9 Å². The van der Waals surface area contributed by atoms with Gasteiger partial charge in [0, 0.05) is 23.6 Å². The van der Waals surface area contributed by atoms with E-state index < -0.39 is 6.04 Å². The molecule has 3 aromatic rings. The van der Waals surface area contributed by atoms with Gasteiger partial charge in [0.05, 0.1) is 11.1 Å². The number of nitrogens with zero attached hydrogens (tertiary/aromatic N) is 1. The second-order valence-electron chi connectivity index (χ2n) is 6.21. The SMILES string of the molecule is CCCCC(=O)N[C@H](c1ccccc1)c1cc(Cl)c2cccnc2c1O. The number of aromatic nitrogens is 1. The van der Waals surface area contributed by atoms with Gasteiger partial charge in [0.2, 0.25) is 5.91 Å². The van der Waals surface area contributed by atoms with E-state index in [1.807, 2.05) is 43.3 Å². The number of benzene rings is 2. The molecule has 1 amide bonds. The molecule has 2 N–H and O–H groups in total. The molecular formula is C21H21ClN2O2. The Morgan fingerprint density at radius 1 is 1.23 bits per heavy atom. The summed E-state index contributed by atoms with van der Waals surface area (Å²) in [4.78, 5) is 16.6. The number of phenols is 1. The van der Waals surface area contributed by atoms with Crippen molar-refractivity contribution in [2.24, 2.45) is 0 Å². The van der Waals surface area contributed by atoms with Gasteiger partial charge in [-0.2, -0.15) is 0 Å². The summed E-state index contributed by atoms with van der Waals surface area (Å²) in [6, 6.07) is 14.3. The van der Waals surface area contributed by atoms with E-state index in [9.17, 15) is 9.90 Å². The number of phenolic OH excluding ortho intramolecular Hbond substituents is 1. The van der Waals surface area contributed by atoms with Crippen LogP contribution >= 0.6 is 11.6 Å². The van der Waals surface area contributed by atoms with Crippen LogP contribution in [0.5, 0.6) is 5.75 Å². The average Bonchev–Trinajstić information content (AvgIpc) is 2.68. The Kier molecular flexibility index (Phi) is 5.74. The van der Waals surface area contributed by atoms with Gasteiger partial charge in [0.15, 0.2) is 0 Å². The zero-order valence-corrected chi connectivity index (χ0v) is 15.3. The molecule has 0 saturated heterocycles. The molecule has 0 bridgehead atoms. The van der Waals surface area contributed by atoms with Crippen LogP contribution in [-0.2, 0) is 4.79 Å². The van der Waals surface area contributed by atoms with Crippen molar-refractivity contribution in [2.75, 3.05) is 0 Å². The number of unbranched alkanes of at least 4 members (excludes halogenated alkanes) is 1. The number of pyridine rings is 1. The molecule has 1 aromatic heterocycles. The summed E-state index contributed by atoms with van der Waals surface area (Å²) >= 11 is 6.42. The van der Waals surface area contributed by atoms with Gasteiger partial charge >= 0.3 is 0 Å². The first-order chi connectivity index (χ1) is 12.6. The van der Waals surface area contributed by atoms with Crippen LogP contribution in [0.25, 0.3) is 10.9 Å². The Morgan fingerprint density at radius 3 is 2.73 bits per heavy atom. The lowest BCUT2D eigenvalue weighted by atomic mass is 9.96. The lowest BCUT2D eigenvalue weighted by Gasteiger charge is -2.22. The fourth-order valence-electron chi connectivity index (χ4n) is 2.98. The second kappa shape index (κ2) is 8.19. The van der Waals surface area contributed by atoms with Crippen LogP contribution in [0, 0.1) is 0 Å². The number of aromatic hydroxyl groups is 1. The van der Waals surface area contributed by atoms with E-state index in [0.717, 1.165) is 18.4 Å². The summed E-state index contributed by atoms with van der Waals surface area (Å²) in [7, 11) is 0. The maximum atomic E-state index is 12.4. The number of carbonyl (C=O) groups excluding carboxylic acids is 1. The molecular weight excluding hydrogens is 348 g/mol. The number of carbonyl (C=O) groups is 1. The smallest absolute Gasteiger partial charge is 0.220 e. The maximum absolute atomic E-state index is 12.4. The third-order valence-electron chi connectivity index (χ3n) is 4.35. The summed E-state index contributed by atoms with van der Waals surface area (Å²) < 4.78 is 0. The lowest BCUT2D eigenvalue weighted by Crippen LogP contribution is -2.29. The molecule has 4 nitrogen and oxygen atoms in total. The third kappa shape index (κ3) is 3.81. The molecule has 3 rings (SSSR count). The number of halogens is 1. The van der Waals surface area contributed by atoms with Gasteiger partial charge in [-0.25, -0.2) is 0 Å². The second-order valence-corrected chi connectivity index (χ2v) is 6.62. The van der Waals surface area contributed by atoms with Gasteiger partial charge in [-0.05, 0) is 30.2 Å². The molecule has 0 aliphatic rings. The number of hydrogen-bond acceptors (Lipinski definition) is 3. The van der Waals surface area contributed by atoms with E-state index in [1.54, 1.807) is 18.3 Å². The first-order valence-corrected chi connectivity index (χ1v) is 9.10. The van der Waals surface area contributed by atoms with Crippen LogP contribution in [0.3, 0.4) is 0 Å². The van der Waals surface area contributed by atoms with Crippen LogP contribution in [0.1, 0.15) is 43.4 Å². The van der Waals surface area contributed by atoms with Crippen LogP contribution < -0.4 is 5.32 Å². The van der Waals surface area contributed by atoms with Crippen LogP contribution in [0.2, 0.25) is 5.02 Å². The van der Waals surface area contributed by atoms with Gasteiger partial charge in [-0.15, -0.1) is 0 Å². The third-order valence-corrected chi connectivity index (χ3v) is 4.66. The zero-order valence-electron chi connectivity index (χ0n) is 14.6. The fraction of sp³-hybridized carbons (Fsp3) is 0.238. The molecule has 0 aliphatic heterocycles. The Labute approximate surface area is 157 Å². The molecule has 0 saturated carbocycles. The first-order valence-electron chi connectivity index (χ1n) is 8.72. The monoisotopic (exact) mass is 368 g/mol.